The first-order chi connectivity index (χ1) is 11.9. The van der Waals surface area contributed by atoms with Gasteiger partial charge in [0, 0.05) is 18.2 Å². The second-order valence-electron chi connectivity index (χ2n) is 6.84. The van der Waals surface area contributed by atoms with Crippen molar-refractivity contribution in [2.75, 3.05) is 7.05 Å². The van der Waals surface area contributed by atoms with E-state index in [0.29, 0.717) is 12.4 Å². The van der Waals surface area contributed by atoms with Crippen LogP contribution in [0.3, 0.4) is 0 Å². The fraction of sp³-hybridized carbons (Fsp3) is 0.421. The minimum atomic E-state index is 0.248. The summed E-state index contributed by atoms with van der Waals surface area (Å²) in [4.78, 5) is 6.63. The number of hydrogen-bond donors (Lipinski definition) is 0. The number of rotatable bonds is 6. The number of benzene rings is 1. The van der Waals surface area contributed by atoms with E-state index in [-0.39, 0.29) is 5.92 Å². The Morgan fingerprint density at radius 2 is 1.92 bits per heavy atom. The summed E-state index contributed by atoms with van der Waals surface area (Å²) in [6.07, 6.45) is 0. The summed E-state index contributed by atoms with van der Waals surface area (Å²) in [5.74, 6) is 1.65. The van der Waals surface area contributed by atoms with Gasteiger partial charge in [0.1, 0.15) is 0 Å². The summed E-state index contributed by atoms with van der Waals surface area (Å²) in [6.45, 7) is 9.60. The molecule has 0 N–H and O–H groups in total. The van der Waals surface area contributed by atoms with Crippen LogP contribution in [0.15, 0.2) is 34.9 Å². The molecule has 132 valence electrons. The summed E-state index contributed by atoms with van der Waals surface area (Å²) < 4.78 is 7.29. The van der Waals surface area contributed by atoms with Gasteiger partial charge in [-0.1, -0.05) is 37.2 Å². The molecule has 6 nitrogen and oxygen atoms in total. The molecule has 6 heteroatoms. The molecule has 2 heterocycles. The van der Waals surface area contributed by atoms with Gasteiger partial charge in [-0.05, 0) is 38.6 Å². The molecular weight excluding hydrogens is 314 g/mol. The molecule has 0 aliphatic carbocycles. The third kappa shape index (κ3) is 3.96. The van der Waals surface area contributed by atoms with Crippen molar-refractivity contribution in [2.24, 2.45) is 0 Å². The normalized spacial score (nSPS) is 11.6. The van der Waals surface area contributed by atoms with Crippen LogP contribution in [0.25, 0.3) is 5.69 Å². The highest BCUT2D eigenvalue weighted by Crippen LogP contribution is 2.19. The molecular formula is C19H25N5O. The van der Waals surface area contributed by atoms with Gasteiger partial charge in [-0.2, -0.15) is 10.1 Å². The monoisotopic (exact) mass is 339 g/mol. The fourth-order valence-corrected chi connectivity index (χ4v) is 2.88. The van der Waals surface area contributed by atoms with Gasteiger partial charge in [0.25, 0.3) is 0 Å². The zero-order chi connectivity index (χ0) is 18.0. The molecule has 0 atom stereocenters. The van der Waals surface area contributed by atoms with E-state index in [4.69, 9.17) is 4.52 Å². The molecule has 3 rings (SSSR count). The molecule has 0 unspecified atom stereocenters. The van der Waals surface area contributed by atoms with E-state index < -0.39 is 0 Å². The van der Waals surface area contributed by atoms with Crippen molar-refractivity contribution in [1.82, 2.24) is 24.8 Å². The zero-order valence-electron chi connectivity index (χ0n) is 15.5. The SMILES string of the molecule is Cc1cc(C)n(-c2ccccc2CN(C)Cc2noc(C(C)C)n2)n1. The number of aryl methyl sites for hydroxylation is 2. The highest BCUT2D eigenvalue weighted by molar-refractivity contribution is 5.41. The molecule has 0 saturated heterocycles. The molecule has 0 aliphatic heterocycles. The first-order valence-electron chi connectivity index (χ1n) is 8.56. The van der Waals surface area contributed by atoms with Crippen molar-refractivity contribution < 1.29 is 4.52 Å². The minimum absolute atomic E-state index is 0.248. The summed E-state index contributed by atoms with van der Waals surface area (Å²) in [6, 6.07) is 10.4. The van der Waals surface area contributed by atoms with Crippen LogP contribution in [0.4, 0.5) is 0 Å². The fourth-order valence-electron chi connectivity index (χ4n) is 2.88. The van der Waals surface area contributed by atoms with Gasteiger partial charge in [0.15, 0.2) is 5.82 Å². The van der Waals surface area contributed by atoms with Crippen LogP contribution >= 0.6 is 0 Å². The van der Waals surface area contributed by atoms with E-state index >= 15 is 0 Å². The highest BCUT2D eigenvalue weighted by atomic mass is 16.5. The van der Waals surface area contributed by atoms with Gasteiger partial charge >= 0.3 is 0 Å². The summed E-state index contributed by atoms with van der Waals surface area (Å²) in [5, 5.41) is 8.69. The highest BCUT2D eigenvalue weighted by Gasteiger charge is 2.14. The quantitative estimate of drug-likeness (QED) is 0.686. The molecule has 0 bridgehead atoms. The molecule has 0 fully saturated rings. The molecule has 3 aromatic rings. The van der Waals surface area contributed by atoms with Crippen LogP contribution in [-0.2, 0) is 13.1 Å². The van der Waals surface area contributed by atoms with Gasteiger partial charge in [0.05, 0.1) is 17.9 Å². The van der Waals surface area contributed by atoms with E-state index in [0.717, 1.165) is 29.4 Å². The van der Waals surface area contributed by atoms with Crippen molar-refractivity contribution in [3.8, 4) is 5.69 Å². The molecule has 25 heavy (non-hydrogen) atoms. The smallest absolute Gasteiger partial charge is 0.229 e. The van der Waals surface area contributed by atoms with Gasteiger partial charge in [-0.3, -0.25) is 4.90 Å². The predicted molar refractivity (Wildman–Crippen MR) is 96.6 cm³/mol. The third-order valence-electron chi connectivity index (χ3n) is 4.06. The van der Waals surface area contributed by atoms with E-state index in [2.05, 4.69) is 58.4 Å². The Bertz CT molecular complexity index is 849. The standard InChI is InChI=1S/C19H25N5O/c1-13(2)19-20-18(22-25-19)12-23(5)11-16-8-6-7-9-17(16)24-15(4)10-14(3)21-24/h6-10,13H,11-12H2,1-5H3. The molecule has 0 aliphatic rings. The van der Waals surface area contributed by atoms with Crippen molar-refractivity contribution in [2.45, 2.75) is 46.7 Å². The van der Waals surface area contributed by atoms with Crippen LogP contribution in [0.5, 0.6) is 0 Å². The Morgan fingerprint density at radius 3 is 2.56 bits per heavy atom. The van der Waals surface area contributed by atoms with Crippen molar-refractivity contribution in [3.63, 3.8) is 0 Å². The Kier molecular flexibility index (Phi) is 4.99. The average Bonchev–Trinajstić information content (AvgIpc) is 3.14. The molecule has 1 aromatic carbocycles. The summed E-state index contributed by atoms with van der Waals surface area (Å²) in [5.41, 5.74) is 4.47. The van der Waals surface area contributed by atoms with Gasteiger partial charge < -0.3 is 4.52 Å². The maximum Gasteiger partial charge on any atom is 0.229 e. The second-order valence-corrected chi connectivity index (χ2v) is 6.84. The van der Waals surface area contributed by atoms with Crippen LogP contribution < -0.4 is 0 Å². The van der Waals surface area contributed by atoms with E-state index in [1.54, 1.807) is 0 Å². The molecule has 0 amide bonds. The van der Waals surface area contributed by atoms with Crippen molar-refractivity contribution in [3.05, 3.63) is 59.0 Å². The van der Waals surface area contributed by atoms with Crippen molar-refractivity contribution >= 4 is 0 Å². The van der Waals surface area contributed by atoms with Crippen LogP contribution in [0.1, 0.15) is 48.4 Å². The average molecular weight is 339 g/mol. The van der Waals surface area contributed by atoms with Crippen molar-refractivity contribution in [1.29, 1.82) is 0 Å². The van der Waals surface area contributed by atoms with Crippen LogP contribution in [0.2, 0.25) is 0 Å². The zero-order valence-corrected chi connectivity index (χ0v) is 15.5. The lowest BCUT2D eigenvalue weighted by atomic mass is 10.1. The van der Waals surface area contributed by atoms with E-state index in [1.807, 2.05) is 31.5 Å². The molecule has 2 aromatic heterocycles. The largest absolute Gasteiger partial charge is 0.339 e. The number of nitrogens with zero attached hydrogens (tertiary/aromatic N) is 5. The van der Waals surface area contributed by atoms with Gasteiger partial charge in [-0.15, -0.1) is 0 Å². The molecule has 0 saturated carbocycles. The third-order valence-corrected chi connectivity index (χ3v) is 4.06. The maximum absolute atomic E-state index is 5.29. The second kappa shape index (κ2) is 7.19. The van der Waals surface area contributed by atoms with Gasteiger partial charge in [0.2, 0.25) is 5.89 Å². The van der Waals surface area contributed by atoms with Gasteiger partial charge in [-0.25, -0.2) is 4.68 Å². The lowest BCUT2D eigenvalue weighted by Crippen LogP contribution is -2.19. The Balaban J connectivity index is 1.77. The first-order valence-corrected chi connectivity index (χ1v) is 8.56. The summed E-state index contributed by atoms with van der Waals surface area (Å²) in [7, 11) is 2.06. The minimum Gasteiger partial charge on any atom is -0.339 e. The molecule has 0 spiro atoms. The summed E-state index contributed by atoms with van der Waals surface area (Å²) >= 11 is 0. The Morgan fingerprint density at radius 1 is 1.16 bits per heavy atom. The Labute approximate surface area is 148 Å². The number of hydrogen-bond acceptors (Lipinski definition) is 5. The first kappa shape index (κ1) is 17.4. The number of para-hydroxylation sites is 1. The topological polar surface area (TPSA) is 60.0 Å². The maximum atomic E-state index is 5.29. The van der Waals surface area contributed by atoms with E-state index in [1.165, 1.54) is 5.56 Å². The lowest BCUT2D eigenvalue weighted by Gasteiger charge is -2.18. The van der Waals surface area contributed by atoms with Crippen LogP contribution in [-0.4, -0.2) is 31.9 Å². The predicted octanol–water partition coefficient (Wildman–Crippen LogP) is 3.63. The lowest BCUT2D eigenvalue weighted by molar-refractivity contribution is 0.298. The van der Waals surface area contributed by atoms with E-state index in [9.17, 15) is 0 Å². The van der Waals surface area contributed by atoms with Crippen LogP contribution in [0, 0.1) is 13.8 Å². The molecule has 0 radical (unpaired) electrons. The Hall–Kier alpha value is -2.47. The number of aromatic nitrogens is 4.